The molecule has 2 rings (SSSR count). The molecule has 1 heterocycles. The van der Waals surface area contributed by atoms with E-state index in [0.717, 1.165) is 0 Å². The summed E-state index contributed by atoms with van der Waals surface area (Å²) in [5.41, 5.74) is 5.74. The summed E-state index contributed by atoms with van der Waals surface area (Å²) in [4.78, 5) is 0. The number of hydrogen-bond acceptors (Lipinski definition) is 2. The van der Waals surface area contributed by atoms with E-state index in [9.17, 15) is 13.2 Å². The van der Waals surface area contributed by atoms with Crippen molar-refractivity contribution in [2.24, 2.45) is 5.73 Å². The molecule has 0 aromatic carbocycles. The van der Waals surface area contributed by atoms with Crippen molar-refractivity contribution in [3.8, 4) is 0 Å². The topological polar surface area (TPSA) is 43.8 Å². The SMILES string of the molecule is CC(C)n1nc(C(F)(F)F)c2c1CCC2N. The van der Waals surface area contributed by atoms with Gasteiger partial charge in [0.2, 0.25) is 0 Å². The van der Waals surface area contributed by atoms with Gasteiger partial charge in [-0.05, 0) is 26.7 Å². The first-order valence-electron chi connectivity index (χ1n) is 5.26. The van der Waals surface area contributed by atoms with Gasteiger partial charge in [-0.1, -0.05) is 0 Å². The van der Waals surface area contributed by atoms with Gasteiger partial charge in [0.05, 0.1) is 0 Å². The zero-order valence-corrected chi connectivity index (χ0v) is 9.17. The molecule has 0 radical (unpaired) electrons. The molecule has 1 atom stereocenters. The molecule has 0 saturated heterocycles. The van der Waals surface area contributed by atoms with Gasteiger partial charge in [0.1, 0.15) is 0 Å². The monoisotopic (exact) mass is 233 g/mol. The molecule has 2 N–H and O–H groups in total. The van der Waals surface area contributed by atoms with E-state index in [2.05, 4.69) is 5.10 Å². The second-order valence-electron chi connectivity index (χ2n) is 4.39. The molecule has 90 valence electrons. The van der Waals surface area contributed by atoms with Gasteiger partial charge in [-0.3, -0.25) is 4.68 Å². The van der Waals surface area contributed by atoms with Crippen LogP contribution in [0.2, 0.25) is 0 Å². The fourth-order valence-electron chi connectivity index (χ4n) is 2.19. The normalized spacial score (nSPS) is 20.6. The highest BCUT2D eigenvalue weighted by Crippen LogP contribution is 2.40. The van der Waals surface area contributed by atoms with Gasteiger partial charge in [0, 0.05) is 23.3 Å². The first-order valence-corrected chi connectivity index (χ1v) is 5.26. The molecule has 0 aliphatic heterocycles. The Bertz CT molecular complexity index is 406. The number of aromatic nitrogens is 2. The van der Waals surface area contributed by atoms with Crippen molar-refractivity contribution in [2.45, 2.75) is 44.9 Å². The summed E-state index contributed by atoms with van der Waals surface area (Å²) in [5, 5.41) is 3.66. The Kier molecular flexibility index (Phi) is 2.49. The van der Waals surface area contributed by atoms with Crippen molar-refractivity contribution in [2.75, 3.05) is 0 Å². The molecule has 1 aromatic heterocycles. The first-order chi connectivity index (χ1) is 7.32. The molecule has 0 fully saturated rings. The lowest BCUT2D eigenvalue weighted by Crippen LogP contribution is -2.15. The van der Waals surface area contributed by atoms with Crippen molar-refractivity contribution >= 4 is 0 Å². The van der Waals surface area contributed by atoms with E-state index in [1.54, 1.807) is 0 Å². The second kappa shape index (κ2) is 3.48. The van der Waals surface area contributed by atoms with Crippen molar-refractivity contribution in [1.29, 1.82) is 0 Å². The molecule has 0 amide bonds. The number of fused-ring (bicyclic) bond motifs is 1. The number of rotatable bonds is 1. The van der Waals surface area contributed by atoms with Crippen LogP contribution in [0, 0.1) is 0 Å². The summed E-state index contributed by atoms with van der Waals surface area (Å²) < 4.78 is 39.7. The fourth-order valence-corrected chi connectivity index (χ4v) is 2.19. The molecule has 0 bridgehead atoms. The molecule has 0 spiro atoms. The molecule has 1 aromatic rings. The molecule has 0 saturated carbocycles. The van der Waals surface area contributed by atoms with Crippen LogP contribution in [0.15, 0.2) is 0 Å². The lowest BCUT2D eigenvalue weighted by Gasteiger charge is -2.09. The predicted molar refractivity (Wildman–Crippen MR) is 52.9 cm³/mol. The molecule has 1 aliphatic carbocycles. The van der Waals surface area contributed by atoms with E-state index < -0.39 is 17.9 Å². The average Bonchev–Trinajstić information content (AvgIpc) is 2.65. The Morgan fingerprint density at radius 3 is 2.56 bits per heavy atom. The van der Waals surface area contributed by atoms with Crippen molar-refractivity contribution < 1.29 is 13.2 Å². The van der Waals surface area contributed by atoms with Gasteiger partial charge in [0.25, 0.3) is 0 Å². The summed E-state index contributed by atoms with van der Waals surface area (Å²) in [6.45, 7) is 3.63. The molecular formula is C10H14F3N3. The van der Waals surface area contributed by atoms with Crippen molar-refractivity contribution in [3.63, 3.8) is 0 Å². The standard InChI is InChI=1S/C10H14F3N3/c1-5(2)16-7-4-3-6(14)8(7)9(15-16)10(11,12)13/h5-6H,3-4,14H2,1-2H3. The first kappa shape index (κ1) is 11.4. The van der Waals surface area contributed by atoms with Crippen LogP contribution >= 0.6 is 0 Å². The van der Waals surface area contributed by atoms with Gasteiger partial charge < -0.3 is 5.73 Å². The van der Waals surface area contributed by atoms with Gasteiger partial charge in [-0.15, -0.1) is 0 Å². The van der Waals surface area contributed by atoms with E-state index in [4.69, 9.17) is 5.73 Å². The number of nitrogens with zero attached hydrogens (tertiary/aromatic N) is 2. The zero-order valence-electron chi connectivity index (χ0n) is 9.17. The van der Waals surface area contributed by atoms with Crippen LogP contribution in [0.5, 0.6) is 0 Å². The van der Waals surface area contributed by atoms with Crippen LogP contribution in [0.1, 0.15) is 49.3 Å². The zero-order chi connectivity index (χ0) is 12.1. The lowest BCUT2D eigenvalue weighted by atomic mass is 10.1. The molecule has 6 heteroatoms. The van der Waals surface area contributed by atoms with Crippen LogP contribution < -0.4 is 5.73 Å². The number of alkyl halides is 3. The lowest BCUT2D eigenvalue weighted by molar-refractivity contribution is -0.142. The molecular weight excluding hydrogens is 219 g/mol. The minimum absolute atomic E-state index is 0.0739. The molecule has 1 aliphatic rings. The Labute approximate surface area is 91.4 Å². The van der Waals surface area contributed by atoms with E-state index in [0.29, 0.717) is 18.5 Å². The van der Waals surface area contributed by atoms with Crippen LogP contribution in [-0.4, -0.2) is 9.78 Å². The van der Waals surface area contributed by atoms with Crippen molar-refractivity contribution in [1.82, 2.24) is 9.78 Å². The Morgan fingerprint density at radius 1 is 1.44 bits per heavy atom. The highest BCUT2D eigenvalue weighted by Gasteiger charge is 2.42. The number of halogens is 3. The van der Waals surface area contributed by atoms with Crippen LogP contribution in [0.3, 0.4) is 0 Å². The quantitative estimate of drug-likeness (QED) is 0.809. The molecule has 16 heavy (non-hydrogen) atoms. The summed E-state index contributed by atoms with van der Waals surface area (Å²) >= 11 is 0. The highest BCUT2D eigenvalue weighted by atomic mass is 19.4. The van der Waals surface area contributed by atoms with Crippen LogP contribution in [0.25, 0.3) is 0 Å². The smallest absolute Gasteiger partial charge is 0.324 e. The van der Waals surface area contributed by atoms with E-state index in [-0.39, 0.29) is 11.6 Å². The largest absolute Gasteiger partial charge is 0.435 e. The number of nitrogens with two attached hydrogens (primary N) is 1. The summed E-state index contributed by atoms with van der Waals surface area (Å²) in [5.74, 6) is 0. The van der Waals surface area contributed by atoms with Crippen LogP contribution in [0.4, 0.5) is 13.2 Å². The van der Waals surface area contributed by atoms with Gasteiger partial charge in [-0.25, -0.2) is 0 Å². The minimum Gasteiger partial charge on any atom is -0.324 e. The highest BCUT2D eigenvalue weighted by molar-refractivity contribution is 5.36. The third-order valence-electron chi connectivity index (χ3n) is 2.87. The van der Waals surface area contributed by atoms with Crippen molar-refractivity contribution in [3.05, 3.63) is 17.0 Å². The fraction of sp³-hybridized carbons (Fsp3) is 0.700. The third-order valence-corrected chi connectivity index (χ3v) is 2.87. The minimum atomic E-state index is -4.41. The maximum absolute atomic E-state index is 12.8. The van der Waals surface area contributed by atoms with E-state index in [1.807, 2.05) is 13.8 Å². The summed E-state index contributed by atoms with van der Waals surface area (Å²) in [6, 6.07) is -0.603. The van der Waals surface area contributed by atoms with E-state index in [1.165, 1.54) is 4.68 Å². The van der Waals surface area contributed by atoms with Gasteiger partial charge in [-0.2, -0.15) is 18.3 Å². The average molecular weight is 233 g/mol. The summed E-state index contributed by atoms with van der Waals surface area (Å²) in [6.07, 6.45) is -3.26. The summed E-state index contributed by atoms with van der Waals surface area (Å²) in [7, 11) is 0. The Morgan fingerprint density at radius 2 is 2.06 bits per heavy atom. The second-order valence-corrected chi connectivity index (χ2v) is 4.39. The van der Waals surface area contributed by atoms with Gasteiger partial charge in [0.15, 0.2) is 5.69 Å². The van der Waals surface area contributed by atoms with E-state index >= 15 is 0 Å². The van der Waals surface area contributed by atoms with Crippen LogP contribution in [-0.2, 0) is 12.6 Å². The maximum Gasteiger partial charge on any atom is 0.435 e. The maximum atomic E-state index is 12.8. The van der Waals surface area contributed by atoms with Gasteiger partial charge >= 0.3 is 6.18 Å². The predicted octanol–water partition coefficient (Wildman–Crippen LogP) is 2.43. The Balaban J connectivity index is 2.60. The molecule has 3 nitrogen and oxygen atoms in total. The third kappa shape index (κ3) is 1.61. The Hall–Kier alpha value is -1.04. The molecule has 1 unspecified atom stereocenters. The number of hydrogen-bond donors (Lipinski definition) is 1.